The van der Waals surface area contributed by atoms with Gasteiger partial charge in [0.25, 0.3) is 0 Å². The summed E-state index contributed by atoms with van der Waals surface area (Å²) in [6.07, 6.45) is 8.12. The number of amides is 2. The average Bonchev–Trinajstić information content (AvgIpc) is 2.94. The number of urea groups is 1. The highest BCUT2D eigenvalue weighted by atomic mass is 16.5. The lowest BCUT2D eigenvalue weighted by Gasteiger charge is -2.49. The summed E-state index contributed by atoms with van der Waals surface area (Å²) < 4.78 is 5.31. The Kier molecular flexibility index (Phi) is 4.92. The lowest BCUT2D eigenvalue weighted by molar-refractivity contribution is 0.0170. The van der Waals surface area contributed by atoms with Crippen LogP contribution in [0.3, 0.4) is 0 Å². The Bertz CT molecular complexity index is 594. The van der Waals surface area contributed by atoms with Gasteiger partial charge in [0.1, 0.15) is 0 Å². The number of piperidine rings is 1. The van der Waals surface area contributed by atoms with Crippen LogP contribution in [0.25, 0.3) is 0 Å². The minimum atomic E-state index is 0.0311. The topological polar surface area (TPSA) is 74.5 Å². The molecule has 7 nitrogen and oxygen atoms in total. The first-order chi connectivity index (χ1) is 12.2. The normalized spacial score (nSPS) is 25.5. The van der Waals surface area contributed by atoms with Crippen molar-refractivity contribution in [1.82, 2.24) is 25.3 Å². The van der Waals surface area contributed by atoms with Gasteiger partial charge in [0, 0.05) is 44.1 Å². The van der Waals surface area contributed by atoms with E-state index >= 15 is 0 Å². The number of carbonyl (C=O) groups excluding carboxylic acids is 1. The van der Waals surface area contributed by atoms with Gasteiger partial charge in [0.05, 0.1) is 0 Å². The Morgan fingerprint density at radius 1 is 1.24 bits per heavy atom. The van der Waals surface area contributed by atoms with E-state index in [9.17, 15) is 4.79 Å². The van der Waals surface area contributed by atoms with Gasteiger partial charge in [-0.3, -0.25) is 4.90 Å². The SMILES string of the molecule is CC1CCCCN1C1CN(C(=O)NCCc2noc(C3CCC3)n2)C1. The Hall–Kier alpha value is -1.63. The van der Waals surface area contributed by atoms with E-state index in [0.717, 1.165) is 31.8 Å². The van der Waals surface area contributed by atoms with Crippen molar-refractivity contribution in [2.45, 2.75) is 69.9 Å². The lowest BCUT2D eigenvalue weighted by Crippen LogP contribution is -2.65. The molecule has 0 spiro atoms. The van der Waals surface area contributed by atoms with Crippen molar-refractivity contribution in [2.24, 2.45) is 0 Å². The summed E-state index contributed by atoms with van der Waals surface area (Å²) >= 11 is 0. The molecule has 0 aromatic carbocycles. The molecule has 1 saturated carbocycles. The Morgan fingerprint density at radius 3 is 2.80 bits per heavy atom. The van der Waals surface area contributed by atoms with Crippen LogP contribution in [-0.4, -0.2) is 64.2 Å². The van der Waals surface area contributed by atoms with Crippen LogP contribution in [0, 0.1) is 0 Å². The molecule has 7 heteroatoms. The van der Waals surface area contributed by atoms with Crippen LogP contribution in [-0.2, 0) is 6.42 Å². The monoisotopic (exact) mass is 347 g/mol. The second-order valence-corrected chi connectivity index (χ2v) is 7.80. The summed E-state index contributed by atoms with van der Waals surface area (Å²) in [5, 5.41) is 7.00. The van der Waals surface area contributed by atoms with Crippen LogP contribution >= 0.6 is 0 Å². The van der Waals surface area contributed by atoms with Crippen LogP contribution in [0.2, 0.25) is 0 Å². The molecular formula is C18H29N5O2. The van der Waals surface area contributed by atoms with Crippen molar-refractivity contribution in [3.05, 3.63) is 11.7 Å². The van der Waals surface area contributed by atoms with Crippen molar-refractivity contribution < 1.29 is 9.32 Å². The third kappa shape index (κ3) is 3.66. The van der Waals surface area contributed by atoms with E-state index in [4.69, 9.17) is 4.52 Å². The molecule has 1 N–H and O–H groups in total. The molecule has 1 aliphatic carbocycles. The number of hydrogen-bond acceptors (Lipinski definition) is 5. The molecule has 1 aromatic heterocycles. The minimum absolute atomic E-state index is 0.0311. The zero-order chi connectivity index (χ0) is 17.2. The minimum Gasteiger partial charge on any atom is -0.339 e. The van der Waals surface area contributed by atoms with Gasteiger partial charge >= 0.3 is 6.03 Å². The lowest BCUT2D eigenvalue weighted by atomic mass is 9.85. The fourth-order valence-corrected chi connectivity index (χ4v) is 4.08. The third-order valence-electron chi connectivity index (χ3n) is 6.04. The van der Waals surface area contributed by atoms with Gasteiger partial charge < -0.3 is 14.7 Å². The highest BCUT2D eigenvalue weighted by Crippen LogP contribution is 2.35. The van der Waals surface area contributed by atoms with E-state index in [-0.39, 0.29) is 6.03 Å². The second kappa shape index (κ2) is 7.32. The molecule has 1 aromatic rings. The Balaban J connectivity index is 1.16. The first kappa shape index (κ1) is 16.8. The molecule has 2 saturated heterocycles. The number of nitrogens with one attached hydrogen (secondary N) is 1. The molecule has 1 atom stereocenters. The highest BCUT2D eigenvalue weighted by Gasteiger charge is 2.37. The summed E-state index contributed by atoms with van der Waals surface area (Å²) in [7, 11) is 0. The third-order valence-corrected chi connectivity index (χ3v) is 6.04. The average molecular weight is 347 g/mol. The summed E-state index contributed by atoms with van der Waals surface area (Å²) in [5.41, 5.74) is 0. The van der Waals surface area contributed by atoms with E-state index < -0.39 is 0 Å². The van der Waals surface area contributed by atoms with E-state index in [1.54, 1.807) is 0 Å². The first-order valence-corrected chi connectivity index (χ1v) is 9.81. The van der Waals surface area contributed by atoms with Gasteiger partial charge in [0.2, 0.25) is 5.89 Å². The molecule has 4 rings (SSSR count). The maximum atomic E-state index is 12.2. The number of nitrogens with zero attached hydrogens (tertiary/aromatic N) is 4. The highest BCUT2D eigenvalue weighted by molar-refractivity contribution is 5.75. The van der Waals surface area contributed by atoms with Crippen molar-refractivity contribution in [2.75, 3.05) is 26.2 Å². The molecule has 3 fully saturated rings. The molecule has 3 aliphatic rings. The largest absolute Gasteiger partial charge is 0.339 e. The van der Waals surface area contributed by atoms with Gasteiger partial charge in [-0.15, -0.1) is 0 Å². The molecule has 2 aliphatic heterocycles. The molecule has 0 bridgehead atoms. The predicted octanol–water partition coefficient (Wildman–Crippen LogP) is 2.15. The van der Waals surface area contributed by atoms with Crippen LogP contribution in [0.15, 0.2) is 4.52 Å². The van der Waals surface area contributed by atoms with Crippen LogP contribution in [0.1, 0.15) is 63.1 Å². The first-order valence-electron chi connectivity index (χ1n) is 9.81. The summed E-state index contributed by atoms with van der Waals surface area (Å²) in [6, 6.07) is 1.24. The zero-order valence-electron chi connectivity index (χ0n) is 15.1. The molecule has 138 valence electrons. The Morgan fingerprint density at radius 2 is 2.08 bits per heavy atom. The zero-order valence-corrected chi connectivity index (χ0v) is 15.1. The standard InChI is InChI=1S/C18H29N5O2/c1-13-5-2-3-10-23(13)15-11-22(12-15)18(24)19-9-8-16-20-17(25-21-16)14-6-4-7-14/h13-15H,2-12H2,1H3,(H,19,24). The molecule has 3 heterocycles. The van der Waals surface area contributed by atoms with Gasteiger partial charge in [-0.25, -0.2) is 4.79 Å². The van der Waals surface area contributed by atoms with E-state index in [1.165, 1.54) is 32.2 Å². The van der Waals surface area contributed by atoms with Crippen LogP contribution in [0.5, 0.6) is 0 Å². The van der Waals surface area contributed by atoms with E-state index in [2.05, 4.69) is 27.3 Å². The van der Waals surface area contributed by atoms with E-state index in [0.29, 0.717) is 36.8 Å². The van der Waals surface area contributed by atoms with Crippen molar-refractivity contribution >= 4 is 6.03 Å². The predicted molar refractivity (Wildman–Crippen MR) is 93.4 cm³/mol. The maximum absolute atomic E-state index is 12.2. The summed E-state index contributed by atoms with van der Waals surface area (Å²) in [4.78, 5) is 21.1. The van der Waals surface area contributed by atoms with Crippen molar-refractivity contribution in [3.63, 3.8) is 0 Å². The number of aromatic nitrogens is 2. The molecule has 2 amide bonds. The van der Waals surface area contributed by atoms with Gasteiger partial charge in [-0.1, -0.05) is 18.0 Å². The van der Waals surface area contributed by atoms with Crippen molar-refractivity contribution in [1.29, 1.82) is 0 Å². The smallest absolute Gasteiger partial charge is 0.317 e. The number of carbonyl (C=O) groups is 1. The van der Waals surface area contributed by atoms with Crippen LogP contribution < -0.4 is 5.32 Å². The maximum Gasteiger partial charge on any atom is 0.317 e. The Labute approximate surface area is 149 Å². The van der Waals surface area contributed by atoms with Crippen LogP contribution in [0.4, 0.5) is 4.79 Å². The second-order valence-electron chi connectivity index (χ2n) is 7.80. The fourth-order valence-electron chi connectivity index (χ4n) is 4.08. The van der Waals surface area contributed by atoms with E-state index in [1.807, 2.05) is 4.90 Å². The number of hydrogen-bond donors (Lipinski definition) is 1. The molecule has 25 heavy (non-hydrogen) atoms. The van der Waals surface area contributed by atoms with Crippen molar-refractivity contribution in [3.8, 4) is 0 Å². The fraction of sp³-hybridized carbons (Fsp3) is 0.833. The molecule has 0 radical (unpaired) electrons. The molecular weight excluding hydrogens is 318 g/mol. The quantitative estimate of drug-likeness (QED) is 0.883. The number of likely N-dealkylation sites (tertiary alicyclic amines) is 2. The van der Waals surface area contributed by atoms with Gasteiger partial charge in [-0.2, -0.15) is 4.98 Å². The van der Waals surface area contributed by atoms with Gasteiger partial charge in [-0.05, 0) is 39.2 Å². The summed E-state index contributed by atoms with van der Waals surface area (Å²) in [5.74, 6) is 1.94. The number of rotatable bonds is 5. The van der Waals surface area contributed by atoms with Gasteiger partial charge in [0.15, 0.2) is 5.82 Å². The molecule has 1 unspecified atom stereocenters. The summed E-state index contributed by atoms with van der Waals surface area (Å²) in [6.45, 7) is 5.76.